The Morgan fingerprint density at radius 3 is 1.78 bits per heavy atom. The number of fused-ring (bicyclic) bond motifs is 1. The summed E-state index contributed by atoms with van der Waals surface area (Å²) in [6.45, 7) is 4.00. The van der Waals surface area contributed by atoms with Crippen LogP contribution in [0, 0.1) is 0 Å². The Morgan fingerprint density at radius 1 is 1.00 bits per heavy atom. The fourth-order valence-corrected chi connectivity index (χ4v) is 3.03. The average molecular weight is 144 g/mol. The minimum Gasteiger partial charge on any atom is -0.114 e. The third kappa shape index (κ3) is 1.93. The maximum atomic E-state index is 2.00. The van der Waals surface area contributed by atoms with Gasteiger partial charge in [0.25, 0.3) is 0 Å². The Balaban J connectivity index is 0.000000186. The van der Waals surface area contributed by atoms with Gasteiger partial charge in [0.2, 0.25) is 0 Å². The second-order valence-electron chi connectivity index (χ2n) is 2.66. The molecule has 2 fully saturated rings. The second-order valence-corrected chi connectivity index (χ2v) is 4.48. The molecule has 2 aliphatic rings. The topological polar surface area (TPSA) is 0 Å². The Hall–Kier alpha value is 0.430. The first-order valence-corrected chi connectivity index (χ1v) is 5.38. The van der Waals surface area contributed by atoms with Gasteiger partial charge in [-0.3, -0.25) is 0 Å². The van der Waals surface area contributed by atoms with E-state index < -0.39 is 0 Å². The third-order valence-electron chi connectivity index (χ3n) is 2.08. The zero-order valence-corrected chi connectivity index (χ0v) is 7.48. The van der Waals surface area contributed by atoms with Crippen LogP contribution in [0.3, 0.4) is 0 Å². The molecule has 2 rings (SSSR count). The SMILES string of the molecule is C1CCC2PC2C1.CC. The molecule has 0 aromatic rings. The summed E-state index contributed by atoms with van der Waals surface area (Å²) in [4.78, 5) is 0. The lowest BCUT2D eigenvalue weighted by Crippen LogP contribution is -2.00. The van der Waals surface area contributed by atoms with Gasteiger partial charge in [0.05, 0.1) is 0 Å². The lowest BCUT2D eigenvalue weighted by atomic mass is 10.0. The summed E-state index contributed by atoms with van der Waals surface area (Å²) in [7, 11) is 1.38. The first-order valence-electron chi connectivity index (χ1n) is 4.23. The molecule has 2 atom stereocenters. The van der Waals surface area contributed by atoms with Crippen molar-refractivity contribution in [3.8, 4) is 0 Å². The van der Waals surface area contributed by atoms with Crippen molar-refractivity contribution in [2.75, 3.05) is 0 Å². The number of rotatable bonds is 0. The van der Waals surface area contributed by atoms with Crippen LogP contribution in [0.1, 0.15) is 39.5 Å². The van der Waals surface area contributed by atoms with Crippen LogP contribution >= 0.6 is 8.58 Å². The van der Waals surface area contributed by atoms with Crippen molar-refractivity contribution >= 4 is 8.58 Å². The van der Waals surface area contributed by atoms with Crippen molar-refractivity contribution in [1.82, 2.24) is 0 Å². The molecule has 1 saturated heterocycles. The van der Waals surface area contributed by atoms with E-state index in [1.165, 1.54) is 32.7 Å². The summed E-state index contributed by atoms with van der Waals surface area (Å²) in [5.41, 5.74) is 2.46. The molecule has 0 aromatic heterocycles. The van der Waals surface area contributed by atoms with Gasteiger partial charge in [-0.2, -0.15) is 0 Å². The molecule has 1 aliphatic heterocycles. The van der Waals surface area contributed by atoms with E-state index in [2.05, 4.69) is 0 Å². The predicted octanol–water partition coefficient (Wildman–Crippen LogP) is 3.02. The van der Waals surface area contributed by atoms with Crippen molar-refractivity contribution in [3.05, 3.63) is 0 Å². The molecule has 1 heterocycles. The van der Waals surface area contributed by atoms with Crippen LogP contribution in [0.15, 0.2) is 0 Å². The molecular weight excluding hydrogens is 127 g/mol. The molecule has 0 radical (unpaired) electrons. The minimum atomic E-state index is 1.23. The summed E-state index contributed by atoms with van der Waals surface area (Å²) >= 11 is 0. The maximum absolute atomic E-state index is 2.00. The van der Waals surface area contributed by atoms with Gasteiger partial charge in [-0.25, -0.2) is 0 Å². The quantitative estimate of drug-likeness (QED) is 0.458. The van der Waals surface area contributed by atoms with E-state index >= 15 is 0 Å². The molecule has 54 valence electrons. The molecular formula is C8H17P. The lowest BCUT2D eigenvalue weighted by Gasteiger charge is -2.04. The fourth-order valence-electron chi connectivity index (χ4n) is 1.52. The van der Waals surface area contributed by atoms with Crippen LogP contribution in [0.25, 0.3) is 0 Å². The summed E-state index contributed by atoms with van der Waals surface area (Å²) in [5, 5.41) is 0. The molecule has 0 spiro atoms. The Labute approximate surface area is 60.2 Å². The van der Waals surface area contributed by atoms with Crippen LogP contribution in [0.4, 0.5) is 0 Å². The monoisotopic (exact) mass is 144 g/mol. The zero-order valence-electron chi connectivity index (χ0n) is 6.48. The van der Waals surface area contributed by atoms with Gasteiger partial charge in [-0.1, -0.05) is 26.7 Å². The third-order valence-corrected chi connectivity index (χ3v) is 3.94. The van der Waals surface area contributed by atoms with Gasteiger partial charge in [-0.05, 0) is 24.2 Å². The molecule has 0 amide bonds. The largest absolute Gasteiger partial charge is 0.114 e. The average Bonchev–Trinajstić information content (AvgIpc) is 2.69. The van der Waals surface area contributed by atoms with E-state index in [0.29, 0.717) is 0 Å². The first kappa shape index (κ1) is 7.54. The summed E-state index contributed by atoms with van der Waals surface area (Å²) < 4.78 is 0. The smallest absolute Gasteiger partial charge is 0.0168 e. The summed E-state index contributed by atoms with van der Waals surface area (Å²) in [6.07, 6.45) is 6.22. The van der Waals surface area contributed by atoms with Gasteiger partial charge >= 0.3 is 0 Å². The highest BCUT2D eigenvalue weighted by atomic mass is 31.1. The number of hydrogen-bond acceptors (Lipinski definition) is 0. The van der Waals surface area contributed by atoms with Gasteiger partial charge in [0, 0.05) is 0 Å². The molecule has 0 N–H and O–H groups in total. The standard InChI is InChI=1S/C6H11P.C2H6/c1-2-4-6-5(3-1)7-6;1-2/h5-7H,1-4H2;1-2H3. The van der Waals surface area contributed by atoms with Crippen LogP contribution in [0.2, 0.25) is 0 Å². The molecule has 1 heteroatoms. The van der Waals surface area contributed by atoms with Crippen LogP contribution in [-0.2, 0) is 0 Å². The van der Waals surface area contributed by atoms with Gasteiger partial charge in [0.1, 0.15) is 0 Å². The highest BCUT2D eigenvalue weighted by molar-refractivity contribution is 7.48. The highest BCUT2D eigenvalue weighted by Crippen LogP contribution is 2.56. The van der Waals surface area contributed by atoms with E-state index in [-0.39, 0.29) is 0 Å². The zero-order chi connectivity index (χ0) is 6.69. The highest BCUT2D eigenvalue weighted by Gasteiger charge is 2.37. The van der Waals surface area contributed by atoms with E-state index in [1.54, 1.807) is 12.8 Å². The van der Waals surface area contributed by atoms with Crippen molar-refractivity contribution in [1.29, 1.82) is 0 Å². The molecule has 0 bridgehead atoms. The predicted molar refractivity (Wildman–Crippen MR) is 45.7 cm³/mol. The second kappa shape index (κ2) is 3.56. The number of hydrogen-bond donors (Lipinski definition) is 0. The van der Waals surface area contributed by atoms with Crippen LogP contribution in [0.5, 0.6) is 0 Å². The normalized spacial score (nSPS) is 40.7. The Bertz CT molecular complexity index is 70.6. The fraction of sp³-hybridized carbons (Fsp3) is 1.00. The van der Waals surface area contributed by atoms with Crippen molar-refractivity contribution in [2.45, 2.75) is 50.8 Å². The molecule has 9 heavy (non-hydrogen) atoms. The first-order chi connectivity index (χ1) is 4.47. The molecule has 1 aliphatic carbocycles. The summed E-state index contributed by atoms with van der Waals surface area (Å²) in [5.74, 6) is 0. The van der Waals surface area contributed by atoms with E-state index in [4.69, 9.17) is 0 Å². The van der Waals surface area contributed by atoms with E-state index in [1.807, 2.05) is 13.8 Å². The molecule has 0 nitrogen and oxygen atoms in total. The van der Waals surface area contributed by atoms with Gasteiger partial charge < -0.3 is 0 Å². The van der Waals surface area contributed by atoms with Crippen molar-refractivity contribution < 1.29 is 0 Å². The maximum Gasteiger partial charge on any atom is -0.0168 e. The van der Waals surface area contributed by atoms with Crippen LogP contribution < -0.4 is 0 Å². The molecule has 2 unspecified atom stereocenters. The van der Waals surface area contributed by atoms with Crippen molar-refractivity contribution in [2.24, 2.45) is 0 Å². The summed E-state index contributed by atoms with van der Waals surface area (Å²) in [6, 6.07) is 0. The Kier molecular flexibility index (Phi) is 2.98. The molecule has 0 aromatic carbocycles. The molecule has 1 saturated carbocycles. The van der Waals surface area contributed by atoms with E-state index in [0.717, 1.165) is 0 Å². The van der Waals surface area contributed by atoms with Gasteiger partial charge in [-0.15, -0.1) is 8.58 Å². The Morgan fingerprint density at radius 2 is 1.44 bits per heavy atom. The van der Waals surface area contributed by atoms with Crippen LogP contribution in [-0.4, -0.2) is 11.3 Å². The minimum absolute atomic E-state index is 1.23. The van der Waals surface area contributed by atoms with Crippen molar-refractivity contribution in [3.63, 3.8) is 0 Å². The van der Waals surface area contributed by atoms with E-state index in [9.17, 15) is 0 Å². The lowest BCUT2D eigenvalue weighted by molar-refractivity contribution is 0.571. The van der Waals surface area contributed by atoms with Gasteiger partial charge in [0.15, 0.2) is 0 Å².